The van der Waals surface area contributed by atoms with Crippen molar-refractivity contribution in [2.24, 2.45) is 0 Å². The first kappa shape index (κ1) is 18.2. The Labute approximate surface area is 147 Å². The highest BCUT2D eigenvalue weighted by Crippen LogP contribution is 2.38. The van der Waals surface area contributed by atoms with Gasteiger partial charge in [0.15, 0.2) is 0 Å². The highest BCUT2D eigenvalue weighted by molar-refractivity contribution is 5.00. The van der Waals surface area contributed by atoms with Crippen molar-refractivity contribution in [1.82, 2.24) is 0 Å². The third kappa shape index (κ3) is 6.02. The molecule has 3 nitrogen and oxygen atoms in total. The van der Waals surface area contributed by atoms with E-state index in [4.69, 9.17) is 14.2 Å². The van der Waals surface area contributed by atoms with Gasteiger partial charge in [-0.1, -0.05) is 44.4 Å². The van der Waals surface area contributed by atoms with Crippen molar-refractivity contribution in [1.29, 1.82) is 0 Å². The summed E-state index contributed by atoms with van der Waals surface area (Å²) in [5.74, 6) is 0. The van der Waals surface area contributed by atoms with Crippen LogP contribution >= 0.6 is 0 Å². The Morgan fingerprint density at radius 1 is 0.750 bits per heavy atom. The molecule has 3 saturated heterocycles. The fourth-order valence-electron chi connectivity index (χ4n) is 3.62. The molecule has 0 spiro atoms. The van der Waals surface area contributed by atoms with Crippen molar-refractivity contribution in [3.63, 3.8) is 0 Å². The zero-order valence-corrected chi connectivity index (χ0v) is 15.2. The minimum Gasteiger partial charge on any atom is -0.369 e. The topological polar surface area (TPSA) is 37.6 Å². The maximum Gasteiger partial charge on any atom is 0.0877 e. The molecule has 6 atom stereocenters. The van der Waals surface area contributed by atoms with Crippen LogP contribution in [0.15, 0.2) is 24.8 Å². The fraction of sp³-hybridized carbons (Fsp3) is 0.810. The third-order valence-corrected chi connectivity index (χ3v) is 5.42. The molecule has 0 N–H and O–H groups in total. The first-order valence-corrected chi connectivity index (χ1v) is 10.0. The molecule has 0 radical (unpaired) electrons. The average molecular weight is 335 g/mol. The lowest BCUT2D eigenvalue weighted by atomic mass is 10.1. The Bertz CT molecular complexity index is 419. The van der Waals surface area contributed by atoms with E-state index in [1.54, 1.807) is 0 Å². The molecule has 0 aromatic carbocycles. The molecule has 3 heterocycles. The molecular weight excluding hydrogens is 300 g/mol. The standard InChI is InChI=1S/C21H34O3/c1-3-5-7-11-16-17(22-16)13-9-10-14-19-21(24-19)15-20-18(23-20)12-8-6-4-2/h3,9-10,16-21H,1,4-8,11-15H2,2H3. The molecule has 0 amide bonds. The van der Waals surface area contributed by atoms with Crippen molar-refractivity contribution in [3.05, 3.63) is 24.8 Å². The summed E-state index contributed by atoms with van der Waals surface area (Å²) in [4.78, 5) is 0. The quantitative estimate of drug-likeness (QED) is 0.256. The van der Waals surface area contributed by atoms with Crippen molar-refractivity contribution >= 4 is 0 Å². The lowest BCUT2D eigenvalue weighted by molar-refractivity contribution is 0.321. The minimum atomic E-state index is 0.435. The predicted molar refractivity (Wildman–Crippen MR) is 97.2 cm³/mol. The molecule has 0 aromatic rings. The van der Waals surface area contributed by atoms with E-state index in [-0.39, 0.29) is 0 Å². The number of epoxide rings is 3. The van der Waals surface area contributed by atoms with Gasteiger partial charge < -0.3 is 14.2 Å². The van der Waals surface area contributed by atoms with Gasteiger partial charge in [-0.15, -0.1) is 6.58 Å². The summed E-state index contributed by atoms with van der Waals surface area (Å²) >= 11 is 0. The second-order valence-electron chi connectivity index (χ2n) is 7.53. The summed E-state index contributed by atoms with van der Waals surface area (Å²) < 4.78 is 17.2. The van der Waals surface area contributed by atoms with Crippen LogP contribution in [0.5, 0.6) is 0 Å². The lowest BCUT2D eigenvalue weighted by Crippen LogP contribution is -2.01. The minimum absolute atomic E-state index is 0.435. The Kier molecular flexibility index (Phi) is 6.94. The van der Waals surface area contributed by atoms with Crippen LogP contribution in [0.4, 0.5) is 0 Å². The molecule has 136 valence electrons. The molecule has 0 aromatic heterocycles. The van der Waals surface area contributed by atoms with Crippen LogP contribution in [0.25, 0.3) is 0 Å². The van der Waals surface area contributed by atoms with E-state index in [2.05, 4.69) is 25.7 Å². The zero-order valence-electron chi connectivity index (χ0n) is 15.2. The normalized spacial score (nSPS) is 36.9. The van der Waals surface area contributed by atoms with E-state index in [9.17, 15) is 0 Å². The molecule has 6 unspecified atom stereocenters. The van der Waals surface area contributed by atoms with Crippen LogP contribution in [0.3, 0.4) is 0 Å². The maximum absolute atomic E-state index is 5.78. The van der Waals surface area contributed by atoms with Crippen molar-refractivity contribution in [2.75, 3.05) is 0 Å². The number of hydrogen-bond donors (Lipinski definition) is 0. The van der Waals surface area contributed by atoms with Crippen LogP contribution in [-0.2, 0) is 14.2 Å². The summed E-state index contributed by atoms with van der Waals surface area (Å²) in [6.45, 7) is 6.01. The predicted octanol–water partition coefficient (Wildman–Crippen LogP) is 4.95. The summed E-state index contributed by atoms with van der Waals surface area (Å²) in [5.41, 5.74) is 0. The highest BCUT2D eigenvalue weighted by Gasteiger charge is 2.47. The van der Waals surface area contributed by atoms with Gasteiger partial charge in [0.2, 0.25) is 0 Å². The molecule has 3 aliphatic rings. The van der Waals surface area contributed by atoms with Crippen molar-refractivity contribution < 1.29 is 14.2 Å². The Hall–Kier alpha value is -0.640. The van der Waals surface area contributed by atoms with E-state index in [1.807, 2.05) is 6.08 Å². The van der Waals surface area contributed by atoms with E-state index in [0.717, 1.165) is 25.7 Å². The SMILES string of the molecule is C=CCCCC1OC1CC=CCC1OC1CC1OC1CCCCC. The van der Waals surface area contributed by atoms with E-state index >= 15 is 0 Å². The molecule has 0 aliphatic carbocycles. The molecule has 24 heavy (non-hydrogen) atoms. The summed E-state index contributed by atoms with van der Waals surface area (Å²) in [6.07, 6.45) is 21.3. The van der Waals surface area contributed by atoms with Gasteiger partial charge in [0.1, 0.15) is 0 Å². The third-order valence-electron chi connectivity index (χ3n) is 5.42. The van der Waals surface area contributed by atoms with E-state index in [1.165, 1.54) is 38.5 Å². The van der Waals surface area contributed by atoms with E-state index < -0.39 is 0 Å². The lowest BCUT2D eigenvalue weighted by Gasteiger charge is -1.94. The number of allylic oxidation sites excluding steroid dienone is 1. The molecular formula is C21H34O3. The summed E-state index contributed by atoms with van der Waals surface area (Å²) in [6, 6.07) is 0. The van der Waals surface area contributed by atoms with Gasteiger partial charge in [-0.05, 0) is 38.5 Å². The van der Waals surface area contributed by atoms with Crippen molar-refractivity contribution in [2.45, 2.75) is 108 Å². The Balaban J connectivity index is 1.16. The van der Waals surface area contributed by atoms with Crippen molar-refractivity contribution in [3.8, 4) is 0 Å². The largest absolute Gasteiger partial charge is 0.369 e. The Morgan fingerprint density at radius 3 is 2.08 bits per heavy atom. The van der Waals surface area contributed by atoms with Crippen LogP contribution in [-0.4, -0.2) is 36.6 Å². The summed E-state index contributed by atoms with van der Waals surface area (Å²) in [7, 11) is 0. The fourth-order valence-corrected chi connectivity index (χ4v) is 3.62. The number of unbranched alkanes of at least 4 members (excludes halogenated alkanes) is 3. The molecule has 0 saturated carbocycles. The molecule has 3 aliphatic heterocycles. The van der Waals surface area contributed by atoms with Gasteiger partial charge in [-0.3, -0.25) is 0 Å². The van der Waals surface area contributed by atoms with Gasteiger partial charge >= 0.3 is 0 Å². The first-order chi connectivity index (χ1) is 11.8. The summed E-state index contributed by atoms with van der Waals surface area (Å²) in [5, 5.41) is 0. The highest BCUT2D eigenvalue weighted by atomic mass is 16.6. The number of rotatable bonds is 14. The zero-order chi connectivity index (χ0) is 16.8. The molecule has 3 fully saturated rings. The van der Waals surface area contributed by atoms with Gasteiger partial charge in [0.25, 0.3) is 0 Å². The average Bonchev–Trinajstić information content (AvgIpc) is 3.46. The first-order valence-electron chi connectivity index (χ1n) is 10.0. The van der Waals surface area contributed by atoms with Crippen LogP contribution in [0.2, 0.25) is 0 Å². The maximum atomic E-state index is 5.78. The monoisotopic (exact) mass is 334 g/mol. The second kappa shape index (κ2) is 9.17. The number of hydrogen-bond acceptors (Lipinski definition) is 3. The molecule has 0 bridgehead atoms. The van der Waals surface area contributed by atoms with Crippen LogP contribution in [0.1, 0.15) is 71.1 Å². The number of ether oxygens (including phenoxy) is 3. The molecule has 3 rings (SSSR count). The van der Waals surface area contributed by atoms with Gasteiger partial charge in [-0.2, -0.15) is 0 Å². The van der Waals surface area contributed by atoms with Gasteiger partial charge in [-0.25, -0.2) is 0 Å². The van der Waals surface area contributed by atoms with Crippen LogP contribution in [0, 0.1) is 0 Å². The van der Waals surface area contributed by atoms with Gasteiger partial charge in [0.05, 0.1) is 36.6 Å². The molecule has 3 heteroatoms. The van der Waals surface area contributed by atoms with E-state index in [0.29, 0.717) is 36.6 Å². The van der Waals surface area contributed by atoms with Gasteiger partial charge in [0, 0.05) is 6.42 Å². The Morgan fingerprint density at radius 2 is 1.33 bits per heavy atom. The van der Waals surface area contributed by atoms with Crippen LogP contribution < -0.4 is 0 Å². The second-order valence-corrected chi connectivity index (χ2v) is 7.53. The smallest absolute Gasteiger partial charge is 0.0877 e.